The summed E-state index contributed by atoms with van der Waals surface area (Å²) >= 11 is 0. The molecule has 0 aromatic heterocycles. The number of nitrogens with one attached hydrogen (secondary N) is 2. The van der Waals surface area contributed by atoms with Gasteiger partial charge in [0, 0.05) is 6.54 Å². The maximum atomic E-state index is 13.6. The predicted octanol–water partition coefficient (Wildman–Crippen LogP) is 3.32. The van der Waals surface area contributed by atoms with E-state index < -0.39 is 29.8 Å². The maximum absolute atomic E-state index is 13.6. The van der Waals surface area contributed by atoms with E-state index in [-0.39, 0.29) is 23.5 Å². The van der Waals surface area contributed by atoms with E-state index >= 15 is 0 Å². The second kappa shape index (κ2) is 11.7. The topological polar surface area (TPSA) is 105 Å². The number of ether oxygens (including phenoxy) is 1. The number of carbonyl (C=O) groups excluding carboxylic acids is 4. The Kier molecular flexibility index (Phi) is 9.52. The van der Waals surface area contributed by atoms with Gasteiger partial charge in [0.1, 0.15) is 17.7 Å². The van der Waals surface area contributed by atoms with Crippen molar-refractivity contribution in [2.45, 2.75) is 116 Å². The molecule has 3 unspecified atom stereocenters. The van der Waals surface area contributed by atoms with Crippen LogP contribution in [-0.2, 0) is 19.1 Å². The van der Waals surface area contributed by atoms with Crippen molar-refractivity contribution in [3.05, 3.63) is 0 Å². The zero-order valence-corrected chi connectivity index (χ0v) is 20.4. The lowest BCUT2D eigenvalue weighted by molar-refractivity contribution is -0.142. The monoisotopic (exact) mass is 451 g/mol. The smallest absolute Gasteiger partial charge is 0.408 e. The van der Waals surface area contributed by atoms with Crippen molar-refractivity contribution < 1.29 is 23.9 Å². The highest BCUT2D eigenvalue weighted by molar-refractivity contribution is 5.94. The lowest BCUT2D eigenvalue weighted by Gasteiger charge is -2.35. The van der Waals surface area contributed by atoms with E-state index in [1.54, 1.807) is 25.7 Å². The third kappa shape index (κ3) is 7.48. The van der Waals surface area contributed by atoms with Crippen LogP contribution in [0.5, 0.6) is 0 Å². The van der Waals surface area contributed by atoms with E-state index in [2.05, 4.69) is 10.6 Å². The molecule has 1 saturated heterocycles. The Balaban J connectivity index is 2.16. The second-order valence-corrected chi connectivity index (χ2v) is 10.2. The highest BCUT2D eigenvalue weighted by Gasteiger charge is 2.41. The SMILES string of the molecule is CCCC(NC(=O)C1CCCN1C(=O)C(NC(=O)OC(C)(C)C)C1CCCCC1)C(C)=O. The summed E-state index contributed by atoms with van der Waals surface area (Å²) in [6, 6.07) is -1.86. The number of carbonyl (C=O) groups is 4. The molecule has 2 rings (SSSR count). The minimum atomic E-state index is -0.710. The summed E-state index contributed by atoms with van der Waals surface area (Å²) in [5, 5.41) is 5.66. The van der Waals surface area contributed by atoms with Crippen LogP contribution < -0.4 is 10.6 Å². The summed E-state index contributed by atoms with van der Waals surface area (Å²) in [5.74, 6) is -0.569. The Morgan fingerprint density at radius 1 is 1.00 bits per heavy atom. The van der Waals surface area contributed by atoms with Crippen molar-refractivity contribution in [3.63, 3.8) is 0 Å². The fraction of sp³-hybridized carbons (Fsp3) is 0.833. The third-order valence-corrected chi connectivity index (χ3v) is 6.28. The van der Waals surface area contributed by atoms with Gasteiger partial charge in [-0.1, -0.05) is 32.6 Å². The Morgan fingerprint density at radius 3 is 2.22 bits per heavy atom. The van der Waals surface area contributed by atoms with E-state index in [9.17, 15) is 19.2 Å². The van der Waals surface area contributed by atoms with E-state index in [1.165, 1.54) is 6.92 Å². The molecule has 3 atom stereocenters. The van der Waals surface area contributed by atoms with E-state index in [1.807, 2.05) is 6.92 Å². The van der Waals surface area contributed by atoms with Gasteiger partial charge in [0.15, 0.2) is 5.78 Å². The molecule has 32 heavy (non-hydrogen) atoms. The number of rotatable bonds is 8. The van der Waals surface area contributed by atoms with Crippen LogP contribution in [0.3, 0.4) is 0 Å². The second-order valence-electron chi connectivity index (χ2n) is 10.2. The van der Waals surface area contributed by atoms with E-state index in [0.717, 1.165) is 38.5 Å². The fourth-order valence-corrected chi connectivity index (χ4v) is 4.70. The van der Waals surface area contributed by atoms with Crippen molar-refractivity contribution in [1.82, 2.24) is 15.5 Å². The standard InChI is InChI=1S/C24H41N3O5/c1-6-11-18(16(2)28)25-21(29)19-14-10-15-27(19)22(30)20(17-12-8-7-9-13-17)26-23(31)32-24(3,4)5/h17-20H,6-15H2,1-5H3,(H,25,29)(H,26,31). The summed E-state index contributed by atoms with van der Waals surface area (Å²) < 4.78 is 5.41. The maximum Gasteiger partial charge on any atom is 0.408 e. The molecule has 1 aliphatic heterocycles. The molecule has 2 aliphatic rings. The van der Waals surface area contributed by atoms with E-state index in [4.69, 9.17) is 4.74 Å². The summed E-state index contributed by atoms with van der Waals surface area (Å²) in [6.07, 6.45) is 6.90. The van der Waals surface area contributed by atoms with E-state index in [0.29, 0.717) is 25.8 Å². The van der Waals surface area contributed by atoms with Crippen molar-refractivity contribution in [3.8, 4) is 0 Å². The van der Waals surface area contributed by atoms with Crippen LogP contribution in [0.2, 0.25) is 0 Å². The number of alkyl carbamates (subject to hydrolysis) is 1. The molecular weight excluding hydrogens is 410 g/mol. The Labute approximate surface area is 192 Å². The number of nitrogens with zero attached hydrogens (tertiary/aromatic N) is 1. The zero-order chi connectivity index (χ0) is 23.9. The third-order valence-electron chi connectivity index (χ3n) is 6.28. The number of Topliss-reactive ketones (excluding diaryl/α,β-unsaturated/α-hetero) is 1. The van der Waals surface area contributed by atoms with Crippen molar-refractivity contribution >= 4 is 23.7 Å². The molecule has 182 valence electrons. The lowest BCUT2D eigenvalue weighted by atomic mass is 9.83. The number of ketones is 1. The van der Waals surface area contributed by atoms with Crippen LogP contribution in [0, 0.1) is 5.92 Å². The molecule has 1 heterocycles. The summed E-state index contributed by atoms with van der Waals surface area (Å²) in [6.45, 7) is 9.26. The van der Waals surface area contributed by atoms with Gasteiger partial charge in [-0.25, -0.2) is 4.79 Å². The molecule has 0 bridgehead atoms. The molecule has 3 amide bonds. The molecule has 8 heteroatoms. The van der Waals surface area contributed by atoms with Gasteiger partial charge in [-0.15, -0.1) is 0 Å². The average Bonchev–Trinajstić information content (AvgIpc) is 3.20. The first-order chi connectivity index (χ1) is 15.0. The first kappa shape index (κ1) is 26.1. The summed E-state index contributed by atoms with van der Waals surface area (Å²) in [7, 11) is 0. The van der Waals surface area contributed by atoms with Gasteiger partial charge in [-0.3, -0.25) is 14.4 Å². The van der Waals surface area contributed by atoms with Gasteiger partial charge in [0.05, 0.1) is 6.04 Å². The molecule has 0 spiro atoms. The largest absolute Gasteiger partial charge is 0.444 e. The van der Waals surface area contributed by atoms with Crippen molar-refractivity contribution in [1.29, 1.82) is 0 Å². The van der Waals surface area contributed by atoms with Gasteiger partial charge in [-0.05, 0) is 65.7 Å². The number of likely N-dealkylation sites (tertiary alicyclic amines) is 1. The summed E-state index contributed by atoms with van der Waals surface area (Å²) in [4.78, 5) is 52.6. The van der Waals surface area contributed by atoms with Gasteiger partial charge < -0.3 is 20.3 Å². The Bertz CT molecular complexity index is 682. The first-order valence-electron chi connectivity index (χ1n) is 12.1. The molecule has 1 aliphatic carbocycles. The minimum absolute atomic E-state index is 0.0261. The van der Waals surface area contributed by atoms with Crippen LogP contribution in [0.15, 0.2) is 0 Å². The van der Waals surface area contributed by atoms with Gasteiger partial charge in [0.2, 0.25) is 11.8 Å². The lowest BCUT2D eigenvalue weighted by Crippen LogP contribution is -2.57. The first-order valence-corrected chi connectivity index (χ1v) is 12.1. The number of amides is 3. The summed E-state index contributed by atoms with van der Waals surface area (Å²) in [5.41, 5.74) is -0.665. The molecular formula is C24H41N3O5. The van der Waals surface area contributed by atoms with Crippen molar-refractivity contribution in [2.75, 3.05) is 6.54 Å². The molecule has 2 fully saturated rings. The highest BCUT2D eigenvalue weighted by atomic mass is 16.6. The van der Waals surface area contributed by atoms with Crippen LogP contribution in [0.1, 0.15) is 92.4 Å². The van der Waals surface area contributed by atoms with Crippen LogP contribution in [0.25, 0.3) is 0 Å². The van der Waals surface area contributed by atoms with Crippen LogP contribution in [0.4, 0.5) is 4.79 Å². The van der Waals surface area contributed by atoms with Gasteiger partial charge >= 0.3 is 6.09 Å². The Morgan fingerprint density at radius 2 is 1.66 bits per heavy atom. The van der Waals surface area contributed by atoms with Gasteiger partial charge in [-0.2, -0.15) is 0 Å². The Hall–Kier alpha value is -2.12. The molecule has 1 saturated carbocycles. The van der Waals surface area contributed by atoms with Crippen LogP contribution >= 0.6 is 0 Å². The molecule has 8 nitrogen and oxygen atoms in total. The highest BCUT2D eigenvalue weighted by Crippen LogP contribution is 2.29. The number of hydrogen-bond donors (Lipinski definition) is 2. The predicted molar refractivity (Wildman–Crippen MR) is 122 cm³/mol. The van der Waals surface area contributed by atoms with Crippen molar-refractivity contribution in [2.24, 2.45) is 5.92 Å². The molecule has 0 aromatic rings. The minimum Gasteiger partial charge on any atom is -0.444 e. The fourth-order valence-electron chi connectivity index (χ4n) is 4.70. The molecule has 2 N–H and O–H groups in total. The zero-order valence-electron chi connectivity index (χ0n) is 20.4. The quantitative estimate of drug-likeness (QED) is 0.589. The normalized spacial score (nSPS) is 21.5. The average molecular weight is 452 g/mol. The van der Waals surface area contributed by atoms with Crippen LogP contribution in [-0.4, -0.2) is 58.9 Å². The number of hydrogen-bond acceptors (Lipinski definition) is 5. The van der Waals surface area contributed by atoms with Gasteiger partial charge in [0.25, 0.3) is 0 Å². The molecule has 0 aromatic carbocycles. The molecule has 0 radical (unpaired) electrons.